The Kier molecular flexibility index (Phi) is 5.97. The second-order valence-electron chi connectivity index (χ2n) is 2.02. The zero-order valence-corrected chi connectivity index (χ0v) is 6.22. The van der Waals surface area contributed by atoms with Gasteiger partial charge in [-0.1, -0.05) is 6.92 Å². The summed E-state index contributed by atoms with van der Waals surface area (Å²) in [5.41, 5.74) is 0. The fraction of sp³-hybridized carbons (Fsp3) is 0.714. The Labute approximate surface area is 60.8 Å². The topological polar surface area (TPSA) is 46.2 Å². The summed E-state index contributed by atoms with van der Waals surface area (Å²) in [4.78, 5) is 20.5. The van der Waals surface area contributed by atoms with Gasteiger partial charge in [0.05, 0.1) is 6.54 Å². The van der Waals surface area contributed by atoms with E-state index in [1.807, 2.05) is 6.92 Å². The summed E-state index contributed by atoms with van der Waals surface area (Å²) < 4.78 is 0. The molecule has 1 N–H and O–H groups in total. The van der Waals surface area contributed by atoms with Crippen LogP contribution < -0.4 is 5.32 Å². The van der Waals surface area contributed by atoms with E-state index in [0.29, 0.717) is 19.4 Å². The molecule has 0 aliphatic rings. The van der Waals surface area contributed by atoms with Gasteiger partial charge in [-0.15, -0.1) is 0 Å². The molecule has 0 aromatic heterocycles. The lowest BCUT2D eigenvalue weighted by Crippen LogP contribution is -2.22. The van der Waals surface area contributed by atoms with Crippen molar-refractivity contribution in [3.8, 4) is 0 Å². The van der Waals surface area contributed by atoms with Crippen LogP contribution in [0.15, 0.2) is 0 Å². The van der Waals surface area contributed by atoms with Crippen molar-refractivity contribution in [2.75, 3.05) is 13.1 Å². The van der Waals surface area contributed by atoms with Crippen molar-refractivity contribution in [1.29, 1.82) is 0 Å². The van der Waals surface area contributed by atoms with Gasteiger partial charge in [-0.05, 0) is 6.54 Å². The first kappa shape index (κ1) is 9.30. The molecule has 0 saturated carbocycles. The number of rotatable bonds is 6. The summed E-state index contributed by atoms with van der Waals surface area (Å²) in [6, 6.07) is 0. The minimum absolute atomic E-state index is 0.106. The number of likely N-dealkylation sites (N-methyl/N-ethyl adjacent to an activating group) is 1. The minimum atomic E-state index is 0.106. The Hall–Kier alpha value is -0.700. The molecular weight excluding hydrogens is 130 g/mol. The molecule has 58 valence electrons. The van der Waals surface area contributed by atoms with Crippen molar-refractivity contribution >= 4 is 12.1 Å². The molecule has 0 radical (unpaired) electrons. The third kappa shape index (κ3) is 5.44. The van der Waals surface area contributed by atoms with E-state index >= 15 is 0 Å². The largest absolute Gasteiger partial charge is 0.310 e. The maximum Gasteiger partial charge on any atom is 0.147 e. The molecule has 0 unspecified atom stereocenters. The predicted molar refractivity (Wildman–Crippen MR) is 38.8 cm³/mol. The van der Waals surface area contributed by atoms with Crippen LogP contribution in [0.1, 0.15) is 19.8 Å². The highest BCUT2D eigenvalue weighted by atomic mass is 16.1. The van der Waals surface area contributed by atoms with Crippen molar-refractivity contribution in [2.24, 2.45) is 0 Å². The molecule has 0 rings (SSSR count). The Morgan fingerprint density at radius 3 is 2.80 bits per heavy atom. The van der Waals surface area contributed by atoms with E-state index in [1.54, 1.807) is 0 Å². The number of carbonyl (C=O) groups excluding carboxylic acids is 2. The maximum absolute atomic E-state index is 10.7. The molecule has 0 fully saturated rings. The molecule has 0 amide bonds. The summed E-state index contributed by atoms with van der Waals surface area (Å²) in [5.74, 6) is 0.106. The molecule has 0 aromatic carbocycles. The number of carbonyl (C=O) groups is 2. The van der Waals surface area contributed by atoms with Gasteiger partial charge in [-0.2, -0.15) is 0 Å². The molecule has 0 heterocycles. The molecule has 0 aliphatic heterocycles. The third-order valence-electron chi connectivity index (χ3n) is 1.11. The predicted octanol–water partition coefficient (Wildman–Crippen LogP) is 0.144. The molecule has 3 nitrogen and oxygen atoms in total. The zero-order valence-electron chi connectivity index (χ0n) is 6.22. The van der Waals surface area contributed by atoms with Crippen LogP contribution in [-0.4, -0.2) is 25.2 Å². The lowest BCUT2D eigenvalue weighted by atomic mass is 10.2. The molecule has 0 bridgehead atoms. The van der Waals surface area contributed by atoms with Gasteiger partial charge in [0.2, 0.25) is 0 Å². The number of nitrogens with one attached hydrogen (secondary N) is 1. The Balaban J connectivity index is 3.16. The van der Waals surface area contributed by atoms with Crippen LogP contribution >= 0.6 is 0 Å². The molecule has 0 aliphatic carbocycles. The van der Waals surface area contributed by atoms with Crippen LogP contribution in [0.25, 0.3) is 0 Å². The monoisotopic (exact) mass is 143 g/mol. The maximum atomic E-state index is 10.7. The number of Topliss-reactive ketones (excluding diaryl/α,β-unsaturated/α-hetero) is 1. The summed E-state index contributed by atoms with van der Waals surface area (Å²) in [5, 5.41) is 2.89. The lowest BCUT2D eigenvalue weighted by Gasteiger charge is -1.96. The van der Waals surface area contributed by atoms with E-state index < -0.39 is 0 Å². The number of aldehydes is 1. The van der Waals surface area contributed by atoms with E-state index in [9.17, 15) is 9.59 Å². The van der Waals surface area contributed by atoms with Crippen LogP contribution in [0.2, 0.25) is 0 Å². The highest BCUT2D eigenvalue weighted by Crippen LogP contribution is 1.84. The highest BCUT2D eigenvalue weighted by molar-refractivity contribution is 5.82. The van der Waals surface area contributed by atoms with Crippen LogP contribution in [-0.2, 0) is 9.59 Å². The quantitative estimate of drug-likeness (QED) is 0.538. The molecule has 0 atom stereocenters. The van der Waals surface area contributed by atoms with Gasteiger partial charge in [0.15, 0.2) is 0 Å². The zero-order chi connectivity index (χ0) is 7.82. The Morgan fingerprint density at radius 1 is 1.60 bits per heavy atom. The van der Waals surface area contributed by atoms with E-state index in [-0.39, 0.29) is 5.78 Å². The third-order valence-corrected chi connectivity index (χ3v) is 1.11. The first-order valence-corrected chi connectivity index (χ1v) is 3.47. The Bertz CT molecular complexity index is 112. The van der Waals surface area contributed by atoms with Gasteiger partial charge in [-0.3, -0.25) is 4.79 Å². The molecule has 3 heteroatoms. The second kappa shape index (κ2) is 6.42. The van der Waals surface area contributed by atoms with Gasteiger partial charge >= 0.3 is 0 Å². The van der Waals surface area contributed by atoms with Gasteiger partial charge in [-0.25, -0.2) is 0 Å². The molecule has 10 heavy (non-hydrogen) atoms. The van der Waals surface area contributed by atoms with Crippen LogP contribution in [0, 0.1) is 0 Å². The summed E-state index contributed by atoms with van der Waals surface area (Å²) in [6.45, 7) is 3.13. The van der Waals surface area contributed by atoms with Crippen molar-refractivity contribution < 1.29 is 9.59 Å². The smallest absolute Gasteiger partial charge is 0.147 e. The number of ketones is 1. The van der Waals surface area contributed by atoms with Gasteiger partial charge < -0.3 is 10.1 Å². The van der Waals surface area contributed by atoms with Gasteiger partial charge in [0, 0.05) is 12.8 Å². The first-order valence-electron chi connectivity index (χ1n) is 3.47. The standard InChI is InChI=1S/C7H13NO2/c1-2-8-6-7(10)4-3-5-9/h5,8H,2-4,6H2,1H3. The Morgan fingerprint density at radius 2 is 2.30 bits per heavy atom. The molecule has 0 saturated heterocycles. The molecule has 0 aromatic rings. The van der Waals surface area contributed by atoms with Gasteiger partial charge in [0.25, 0.3) is 0 Å². The summed E-state index contributed by atoms with van der Waals surface area (Å²) in [6.07, 6.45) is 1.49. The van der Waals surface area contributed by atoms with Crippen molar-refractivity contribution in [3.63, 3.8) is 0 Å². The van der Waals surface area contributed by atoms with E-state index in [0.717, 1.165) is 12.8 Å². The van der Waals surface area contributed by atoms with Gasteiger partial charge in [0.1, 0.15) is 12.1 Å². The van der Waals surface area contributed by atoms with Crippen molar-refractivity contribution in [1.82, 2.24) is 5.32 Å². The lowest BCUT2D eigenvalue weighted by molar-refractivity contribution is -0.120. The van der Waals surface area contributed by atoms with Crippen molar-refractivity contribution in [3.05, 3.63) is 0 Å². The average Bonchev–Trinajstić information content (AvgIpc) is 1.97. The van der Waals surface area contributed by atoms with Crippen molar-refractivity contribution in [2.45, 2.75) is 19.8 Å². The number of hydrogen-bond acceptors (Lipinski definition) is 3. The fourth-order valence-corrected chi connectivity index (χ4v) is 0.573. The fourth-order valence-electron chi connectivity index (χ4n) is 0.573. The molecular formula is C7H13NO2. The van der Waals surface area contributed by atoms with E-state index in [4.69, 9.17) is 0 Å². The van der Waals surface area contributed by atoms with E-state index in [2.05, 4.69) is 5.32 Å². The highest BCUT2D eigenvalue weighted by Gasteiger charge is 1.97. The average molecular weight is 143 g/mol. The van der Waals surface area contributed by atoms with Crippen LogP contribution in [0.4, 0.5) is 0 Å². The summed E-state index contributed by atoms with van der Waals surface area (Å²) in [7, 11) is 0. The SMILES string of the molecule is CCNCC(=O)CCC=O. The second-order valence-corrected chi connectivity index (χ2v) is 2.02. The van der Waals surface area contributed by atoms with Crippen LogP contribution in [0.5, 0.6) is 0 Å². The number of hydrogen-bond donors (Lipinski definition) is 1. The molecule has 0 spiro atoms. The normalized spacial score (nSPS) is 9.30. The van der Waals surface area contributed by atoms with Crippen LogP contribution in [0.3, 0.4) is 0 Å². The minimum Gasteiger partial charge on any atom is -0.310 e. The summed E-state index contributed by atoms with van der Waals surface area (Å²) >= 11 is 0. The van der Waals surface area contributed by atoms with E-state index in [1.165, 1.54) is 0 Å². The first-order chi connectivity index (χ1) is 4.81.